The molecule has 2 fully saturated rings. The SMILES string of the molecule is CN1CCO[C@@H](CNC(=O)c2cn(CC3CC3)nn2)[C@@H]1c1ccnn1C. The minimum absolute atomic E-state index is 0.0436. The van der Waals surface area contributed by atoms with Crippen molar-refractivity contribution >= 4 is 5.91 Å². The summed E-state index contributed by atoms with van der Waals surface area (Å²) < 4.78 is 9.57. The monoisotopic (exact) mass is 359 g/mol. The summed E-state index contributed by atoms with van der Waals surface area (Å²) in [6.45, 7) is 2.74. The van der Waals surface area contributed by atoms with Crippen LogP contribution in [0, 0.1) is 5.92 Å². The number of carbonyl (C=O) groups excluding carboxylic acids is 1. The van der Waals surface area contributed by atoms with Crippen LogP contribution in [0.25, 0.3) is 0 Å². The third kappa shape index (κ3) is 3.63. The van der Waals surface area contributed by atoms with Crippen LogP contribution in [-0.4, -0.2) is 68.4 Å². The molecule has 1 saturated carbocycles. The van der Waals surface area contributed by atoms with Gasteiger partial charge in [-0.05, 0) is 31.9 Å². The first-order valence-electron chi connectivity index (χ1n) is 9.10. The van der Waals surface area contributed by atoms with Gasteiger partial charge in [-0.25, -0.2) is 0 Å². The van der Waals surface area contributed by atoms with Gasteiger partial charge in [0.15, 0.2) is 5.69 Å². The molecule has 0 aromatic carbocycles. The molecule has 0 unspecified atom stereocenters. The summed E-state index contributed by atoms with van der Waals surface area (Å²) in [5.41, 5.74) is 1.42. The van der Waals surface area contributed by atoms with E-state index in [1.165, 1.54) is 12.8 Å². The fourth-order valence-electron chi connectivity index (χ4n) is 3.46. The molecule has 1 saturated heterocycles. The molecule has 26 heavy (non-hydrogen) atoms. The molecular formula is C17H25N7O2. The van der Waals surface area contributed by atoms with Gasteiger partial charge in [0.25, 0.3) is 5.91 Å². The van der Waals surface area contributed by atoms with Crippen molar-refractivity contribution in [1.29, 1.82) is 0 Å². The van der Waals surface area contributed by atoms with E-state index >= 15 is 0 Å². The fraction of sp³-hybridized carbons (Fsp3) is 0.647. The second kappa shape index (κ2) is 7.16. The summed E-state index contributed by atoms with van der Waals surface area (Å²) >= 11 is 0. The van der Waals surface area contributed by atoms with Gasteiger partial charge >= 0.3 is 0 Å². The Morgan fingerprint density at radius 3 is 2.96 bits per heavy atom. The van der Waals surface area contributed by atoms with Gasteiger partial charge in [-0.2, -0.15) is 5.10 Å². The Labute approximate surface area is 152 Å². The Balaban J connectivity index is 1.39. The van der Waals surface area contributed by atoms with Gasteiger partial charge in [-0.1, -0.05) is 5.21 Å². The van der Waals surface area contributed by atoms with E-state index in [0.717, 1.165) is 18.8 Å². The number of carbonyl (C=O) groups is 1. The van der Waals surface area contributed by atoms with Gasteiger partial charge in [0, 0.05) is 32.9 Å². The third-order valence-corrected chi connectivity index (χ3v) is 5.14. The van der Waals surface area contributed by atoms with Crippen molar-refractivity contribution < 1.29 is 9.53 Å². The maximum atomic E-state index is 12.4. The van der Waals surface area contributed by atoms with Gasteiger partial charge in [-0.3, -0.25) is 19.1 Å². The van der Waals surface area contributed by atoms with Crippen molar-refractivity contribution in [3.8, 4) is 0 Å². The highest BCUT2D eigenvalue weighted by Crippen LogP contribution is 2.30. The van der Waals surface area contributed by atoms with E-state index in [1.54, 1.807) is 17.1 Å². The van der Waals surface area contributed by atoms with Crippen LogP contribution in [0.1, 0.15) is 35.1 Å². The molecule has 2 atom stereocenters. The minimum Gasteiger partial charge on any atom is -0.373 e. The molecule has 3 heterocycles. The first-order valence-corrected chi connectivity index (χ1v) is 9.10. The van der Waals surface area contributed by atoms with E-state index in [9.17, 15) is 4.79 Å². The predicted molar refractivity (Wildman–Crippen MR) is 93.4 cm³/mol. The Morgan fingerprint density at radius 1 is 1.38 bits per heavy atom. The zero-order valence-electron chi connectivity index (χ0n) is 15.2. The number of aromatic nitrogens is 5. The van der Waals surface area contributed by atoms with Crippen LogP contribution < -0.4 is 5.32 Å². The van der Waals surface area contributed by atoms with Crippen LogP contribution in [0.15, 0.2) is 18.5 Å². The molecule has 2 aromatic rings. The molecule has 140 valence electrons. The molecule has 1 aliphatic carbocycles. The van der Waals surface area contributed by atoms with E-state index in [-0.39, 0.29) is 18.1 Å². The summed E-state index contributed by atoms with van der Waals surface area (Å²) in [6.07, 6.45) is 5.84. The Hall–Kier alpha value is -2.26. The van der Waals surface area contributed by atoms with E-state index in [4.69, 9.17) is 4.74 Å². The van der Waals surface area contributed by atoms with E-state index in [1.807, 2.05) is 17.8 Å². The topological polar surface area (TPSA) is 90.1 Å². The Morgan fingerprint density at radius 2 is 2.23 bits per heavy atom. The molecule has 0 bridgehead atoms. The lowest BCUT2D eigenvalue weighted by molar-refractivity contribution is -0.0629. The summed E-state index contributed by atoms with van der Waals surface area (Å²) in [4.78, 5) is 14.7. The van der Waals surface area contributed by atoms with Crippen LogP contribution in [0.2, 0.25) is 0 Å². The van der Waals surface area contributed by atoms with Crippen molar-refractivity contribution in [2.45, 2.75) is 31.5 Å². The standard InChI is InChI=1S/C17H25N7O2/c1-22-7-8-26-15(16(22)14-5-6-19-23(14)2)9-18-17(25)13-11-24(21-20-13)10-12-3-4-12/h5-6,11-12,15-16H,3-4,7-10H2,1-2H3,(H,18,25)/t15-,16-/m0/s1. The maximum Gasteiger partial charge on any atom is 0.273 e. The smallest absolute Gasteiger partial charge is 0.273 e. The molecule has 9 heteroatoms. The molecule has 0 spiro atoms. The molecule has 0 radical (unpaired) electrons. The second-order valence-electron chi connectivity index (χ2n) is 7.19. The number of nitrogens with one attached hydrogen (secondary N) is 1. The molecule has 2 aliphatic rings. The average Bonchev–Trinajstić information content (AvgIpc) is 3.14. The van der Waals surface area contributed by atoms with Gasteiger partial charge in [0.2, 0.25) is 0 Å². The van der Waals surface area contributed by atoms with E-state index < -0.39 is 0 Å². The highest BCUT2D eigenvalue weighted by molar-refractivity contribution is 5.91. The van der Waals surface area contributed by atoms with Crippen LogP contribution in [0.3, 0.4) is 0 Å². The Bertz CT molecular complexity index is 767. The summed E-state index contributed by atoms with van der Waals surface area (Å²) in [6, 6.07) is 2.04. The number of rotatable bonds is 6. The first-order chi connectivity index (χ1) is 12.6. The fourth-order valence-corrected chi connectivity index (χ4v) is 3.46. The van der Waals surface area contributed by atoms with Crippen molar-refractivity contribution in [1.82, 2.24) is 35.0 Å². The van der Waals surface area contributed by atoms with E-state index in [0.29, 0.717) is 24.8 Å². The number of amides is 1. The Kier molecular flexibility index (Phi) is 4.73. The summed E-state index contributed by atoms with van der Waals surface area (Å²) in [5.74, 6) is 0.478. The van der Waals surface area contributed by atoms with Crippen LogP contribution in [0.4, 0.5) is 0 Å². The first kappa shape index (κ1) is 17.2. The lowest BCUT2D eigenvalue weighted by Gasteiger charge is -2.39. The van der Waals surface area contributed by atoms with Crippen molar-refractivity contribution in [3.05, 3.63) is 29.8 Å². The van der Waals surface area contributed by atoms with Crippen molar-refractivity contribution in [3.63, 3.8) is 0 Å². The summed E-state index contributed by atoms with van der Waals surface area (Å²) in [7, 11) is 3.99. The highest BCUT2D eigenvalue weighted by atomic mass is 16.5. The normalized spacial score (nSPS) is 23.9. The van der Waals surface area contributed by atoms with Gasteiger partial charge < -0.3 is 10.1 Å². The van der Waals surface area contributed by atoms with Gasteiger partial charge in [0.1, 0.15) is 0 Å². The predicted octanol–water partition coefficient (Wildman–Crippen LogP) is 0.223. The van der Waals surface area contributed by atoms with Crippen molar-refractivity contribution in [2.24, 2.45) is 13.0 Å². The van der Waals surface area contributed by atoms with Gasteiger partial charge in [0.05, 0.1) is 30.6 Å². The number of ether oxygens (including phenoxy) is 1. The molecule has 4 rings (SSSR count). The molecule has 2 aromatic heterocycles. The van der Waals surface area contributed by atoms with Crippen LogP contribution in [0.5, 0.6) is 0 Å². The molecule has 1 aliphatic heterocycles. The molecular weight excluding hydrogens is 334 g/mol. The average molecular weight is 359 g/mol. The van der Waals surface area contributed by atoms with E-state index in [2.05, 4.69) is 32.7 Å². The number of morpholine rings is 1. The number of hydrogen-bond donors (Lipinski definition) is 1. The zero-order chi connectivity index (χ0) is 18.1. The number of hydrogen-bond acceptors (Lipinski definition) is 6. The second-order valence-corrected chi connectivity index (χ2v) is 7.19. The molecule has 1 amide bonds. The maximum absolute atomic E-state index is 12.4. The molecule has 9 nitrogen and oxygen atoms in total. The van der Waals surface area contributed by atoms with Crippen molar-refractivity contribution in [2.75, 3.05) is 26.7 Å². The zero-order valence-corrected chi connectivity index (χ0v) is 15.2. The lowest BCUT2D eigenvalue weighted by Crippen LogP contribution is -2.48. The quantitative estimate of drug-likeness (QED) is 0.794. The van der Waals surface area contributed by atoms with Crippen LogP contribution in [-0.2, 0) is 18.3 Å². The molecule has 1 N–H and O–H groups in total. The van der Waals surface area contributed by atoms with Crippen LogP contribution >= 0.6 is 0 Å². The third-order valence-electron chi connectivity index (χ3n) is 5.14. The number of aryl methyl sites for hydroxylation is 1. The van der Waals surface area contributed by atoms with Gasteiger partial charge in [-0.15, -0.1) is 5.10 Å². The largest absolute Gasteiger partial charge is 0.373 e. The number of nitrogens with zero attached hydrogens (tertiary/aromatic N) is 6. The summed E-state index contributed by atoms with van der Waals surface area (Å²) in [5, 5.41) is 15.2. The number of likely N-dealkylation sites (N-methyl/N-ethyl adjacent to an activating group) is 1. The highest BCUT2D eigenvalue weighted by Gasteiger charge is 2.33. The lowest BCUT2D eigenvalue weighted by atomic mass is 10.0. The minimum atomic E-state index is -0.215.